The van der Waals surface area contributed by atoms with Crippen molar-refractivity contribution in [1.29, 1.82) is 0 Å². The highest BCUT2D eigenvalue weighted by Gasteiger charge is 2.20. The Balaban J connectivity index is 1.87. The molecule has 2 N–H and O–H groups in total. The van der Waals surface area contributed by atoms with E-state index in [0.29, 0.717) is 6.42 Å². The first kappa shape index (κ1) is 6.42. The van der Waals surface area contributed by atoms with Crippen LogP contribution in [0.5, 0.6) is 5.75 Å². The number of hydrogen-bond donors (Lipinski definition) is 2. The minimum absolute atomic E-state index is 0.111. The minimum Gasteiger partial charge on any atom is -0.491 e. The van der Waals surface area contributed by atoms with Crippen molar-refractivity contribution in [2.24, 2.45) is 5.89 Å². The van der Waals surface area contributed by atoms with Gasteiger partial charge in [0.15, 0.2) is 0 Å². The maximum absolute atomic E-state index is 10.2. The Kier molecular flexibility index (Phi) is 2.67. The van der Waals surface area contributed by atoms with Crippen LogP contribution in [-0.2, 0) is 11.2 Å². The summed E-state index contributed by atoms with van der Waals surface area (Å²) >= 11 is 0. The van der Waals surface area contributed by atoms with Crippen molar-refractivity contribution in [2.75, 3.05) is 26.3 Å². The molecule has 1 aromatic carbocycles. The molecule has 22 heavy (non-hydrogen) atoms. The summed E-state index contributed by atoms with van der Waals surface area (Å²) < 4.78 is 116. The Morgan fingerprint density at radius 3 is 2.95 bits per heavy atom. The van der Waals surface area contributed by atoms with Crippen molar-refractivity contribution < 1.29 is 33.8 Å². The Morgan fingerprint density at radius 2 is 2.27 bits per heavy atom. The smallest absolute Gasteiger partial charge is 0.119 e. The number of benzene rings is 1. The third-order valence-electron chi connectivity index (χ3n) is 2.78. The van der Waals surface area contributed by atoms with Crippen molar-refractivity contribution >= 4 is 0 Å². The summed E-state index contributed by atoms with van der Waals surface area (Å²) in [6.07, 6.45) is -6.22. The number of ether oxygens (including phenoxy) is 2. The molecule has 0 heterocycles. The Hall–Kier alpha value is -1.10. The fourth-order valence-corrected chi connectivity index (χ4v) is 1.61. The van der Waals surface area contributed by atoms with Crippen LogP contribution in [0.2, 0.25) is 0 Å². The molecule has 0 radical (unpaired) electrons. The molecule has 0 aliphatic heterocycles. The topological polar surface area (TPSA) is 50.7 Å². The largest absolute Gasteiger partial charge is 0.491 e. The molecule has 1 aliphatic rings. The molecular weight excluding hydrogens is 278 g/mol. The molecule has 1 saturated carbocycles. The van der Waals surface area contributed by atoms with Crippen molar-refractivity contribution in [3.63, 3.8) is 0 Å². The summed E-state index contributed by atoms with van der Waals surface area (Å²) in [6, 6.07) is 2.87. The Labute approximate surface area is 153 Å². The zero-order chi connectivity index (χ0) is 28.0. The van der Waals surface area contributed by atoms with Gasteiger partial charge in [0, 0.05) is 38.3 Å². The highest BCUT2D eigenvalue weighted by Crippen LogP contribution is 2.28. The standard InChI is InChI=1S/C18H29NO3/c1-14(2)19-11-17(20)13-22-18-7-5-15(6-8-18)9-10-21-12-16-3-4-16/h5-8,14,16-17,19-20H,3-4,9-13H2,1-2H3/i1D3,2D3,3D2,4D2,11D2,14D,16D. The van der Waals surface area contributed by atoms with Crippen LogP contribution in [0.4, 0.5) is 0 Å². The number of nitrogens with one attached hydrogen (secondary N) is 1. The zero-order valence-corrected chi connectivity index (χ0v) is 12.0. The molecule has 1 fully saturated rings. The van der Waals surface area contributed by atoms with E-state index in [1.807, 2.05) is 0 Å². The van der Waals surface area contributed by atoms with Crippen LogP contribution in [-0.4, -0.2) is 43.5 Å². The van der Waals surface area contributed by atoms with Crippen molar-refractivity contribution in [1.82, 2.24) is 5.32 Å². The molecule has 0 saturated heterocycles. The van der Waals surface area contributed by atoms with E-state index in [1.54, 1.807) is 17.4 Å². The van der Waals surface area contributed by atoms with Crippen molar-refractivity contribution in [3.8, 4) is 5.75 Å². The molecule has 0 amide bonds. The van der Waals surface area contributed by atoms with Crippen LogP contribution in [0, 0.1) is 5.89 Å². The van der Waals surface area contributed by atoms with E-state index in [4.69, 9.17) is 28.7 Å². The summed E-state index contributed by atoms with van der Waals surface area (Å²) in [6.45, 7) is -10.8. The summed E-state index contributed by atoms with van der Waals surface area (Å²) in [7, 11) is 0. The second-order valence-electron chi connectivity index (χ2n) is 4.65. The van der Waals surface area contributed by atoms with Gasteiger partial charge in [0.2, 0.25) is 0 Å². The SMILES string of the molecule is [2H]C([2H])(NC([2H])(C([2H])([2H])[2H])C([2H])([2H])[2H])C(O)COc1ccc(CCOCC2([2H])C([2H])([2H])C2([2H])[2H])cc1. The van der Waals surface area contributed by atoms with Crippen LogP contribution in [0.1, 0.15) is 51.2 Å². The lowest BCUT2D eigenvalue weighted by Crippen LogP contribution is -2.35. The molecule has 0 aromatic heterocycles. The van der Waals surface area contributed by atoms with Gasteiger partial charge in [-0.2, -0.15) is 0 Å². The highest BCUT2D eigenvalue weighted by atomic mass is 16.5. The molecule has 1 aliphatic carbocycles. The first-order valence-corrected chi connectivity index (χ1v) is 6.80. The molecule has 4 heteroatoms. The van der Waals surface area contributed by atoms with Gasteiger partial charge in [0.25, 0.3) is 0 Å². The van der Waals surface area contributed by atoms with E-state index < -0.39 is 64.2 Å². The van der Waals surface area contributed by atoms with Gasteiger partial charge in [-0.05, 0) is 42.8 Å². The first-order chi connectivity index (χ1) is 16.0. The lowest BCUT2D eigenvalue weighted by Gasteiger charge is -2.15. The monoisotopic (exact) mass is 321 g/mol. The predicted octanol–water partition coefficient (Wildman–Crippen LogP) is 2.39. The molecule has 4 nitrogen and oxygen atoms in total. The van der Waals surface area contributed by atoms with Crippen LogP contribution >= 0.6 is 0 Å². The van der Waals surface area contributed by atoms with E-state index in [1.165, 1.54) is 12.1 Å². The molecule has 1 aromatic rings. The lowest BCUT2D eigenvalue weighted by atomic mass is 10.1. The fraction of sp³-hybridized carbons (Fsp3) is 0.667. The minimum atomic E-state index is -3.43. The Bertz CT molecular complexity index is 872. The predicted molar refractivity (Wildman–Crippen MR) is 88.3 cm³/mol. The summed E-state index contributed by atoms with van der Waals surface area (Å²) in [4.78, 5) is 0. The zero-order valence-electron chi connectivity index (χ0n) is 26.0. The van der Waals surface area contributed by atoms with Gasteiger partial charge in [-0.15, -0.1) is 0 Å². The highest BCUT2D eigenvalue weighted by molar-refractivity contribution is 5.27. The molecule has 1 atom stereocenters. The van der Waals surface area contributed by atoms with Gasteiger partial charge in [0.05, 0.1) is 6.61 Å². The van der Waals surface area contributed by atoms with Crippen LogP contribution in [0.25, 0.3) is 0 Å². The molecule has 1 unspecified atom stereocenters. The van der Waals surface area contributed by atoms with Crippen molar-refractivity contribution in [2.45, 2.75) is 45.0 Å². The number of hydrogen-bond acceptors (Lipinski definition) is 4. The quantitative estimate of drug-likeness (QED) is 0.615. The van der Waals surface area contributed by atoms with Gasteiger partial charge >= 0.3 is 0 Å². The van der Waals surface area contributed by atoms with E-state index in [9.17, 15) is 5.11 Å². The third kappa shape index (κ3) is 7.25. The summed E-state index contributed by atoms with van der Waals surface area (Å²) in [5, 5.41) is 11.8. The fourth-order valence-electron chi connectivity index (χ4n) is 1.61. The molecule has 2 rings (SSSR count). The summed E-state index contributed by atoms with van der Waals surface area (Å²) in [5.41, 5.74) is 0.759. The number of aliphatic hydroxyl groups excluding tert-OH is 1. The normalized spacial score (nSPS) is 33.7. The van der Waals surface area contributed by atoms with Gasteiger partial charge < -0.3 is 19.9 Å². The molecule has 0 spiro atoms. The van der Waals surface area contributed by atoms with E-state index >= 15 is 0 Å². The molecule has 0 bridgehead atoms. The Morgan fingerprint density at radius 1 is 1.50 bits per heavy atom. The first-order valence-electron chi connectivity index (χ1n) is 13.8. The summed E-state index contributed by atoms with van der Waals surface area (Å²) in [5.74, 6) is -1.74. The van der Waals surface area contributed by atoms with Crippen molar-refractivity contribution in [3.05, 3.63) is 29.8 Å². The average molecular weight is 322 g/mol. The number of aliphatic hydroxyl groups is 1. The maximum atomic E-state index is 10.2. The average Bonchev–Trinajstić information content (AvgIpc) is 3.03. The number of rotatable bonds is 11. The lowest BCUT2D eigenvalue weighted by molar-refractivity contribution is 0.104. The maximum Gasteiger partial charge on any atom is 0.119 e. The van der Waals surface area contributed by atoms with Crippen LogP contribution in [0.3, 0.4) is 0 Å². The van der Waals surface area contributed by atoms with Gasteiger partial charge in [-0.25, -0.2) is 0 Å². The van der Waals surface area contributed by atoms with Gasteiger partial charge in [-0.3, -0.25) is 0 Å². The second kappa shape index (κ2) is 9.13. The van der Waals surface area contributed by atoms with Crippen LogP contribution in [0.15, 0.2) is 24.3 Å². The van der Waals surface area contributed by atoms with Crippen LogP contribution < -0.4 is 10.1 Å². The second-order valence-corrected chi connectivity index (χ2v) is 4.65. The third-order valence-corrected chi connectivity index (χ3v) is 2.78. The van der Waals surface area contributed by atoms with E-state index in [2.05, 4.69) is 0 Å². The van der Waals surface area contributed by atoms with E-state index in [0.717, 1.165) is 5.56 Å². The molecular formula is C18H29NO3. The van der Waals surface area contributed by atoms with E-state index in [-0.39, 0.29) is 12.4 Å². The van der Waals surface area contributed by atoms with Gasteiger partial charge in [0.1, 0.15) is 18.5 Å². The molecule has 124 valence electrons. The van der Waals surface area contributed by atoms with Gasteiger partial charge in [-0.1, -0.05) is 25.8 Å².